The SMILES string of the molecule is Cc1cc(-c2ccnc(NC(=O)C3CC3)c2)ccc1CCC(=O)c1noc(C(C)(C)CF)n1. The highest BCUT2D eigenvalue weighted by atomic mass is 19.1. The van der Waals surface area contributed by atoms with Gasteiger partial charge in [-0.05, 0) is 74.4 Å². The fraction of sp³-hybridized carbons (Fsp3) is 0.400. The summed E-state index contributed by atoms with van der Waals surface area (Å²) in [7, 11) is 0. The van der Waals surface area contributed by atoms with Crippen LogP contribution in [0.4, 0.5) is 10.2 Å². The standard InChI is InChI=1S/C25H27FN4O3/c1-15-12-18(19-10-11-27-21(13-19)28-23(32)17-5-6-17)7-4-16(15)8-9-20(31)22-29-24(33-30-22)25(2,3)14-26/h4,7,10-13,17H,5-6,8-9,14H2,1-3H3,(H,27,28,32). The molecule has 2 aromatic heterocycles. The van der Waals surface area contributed by atoms with Gasteiger partial charge in [-0.1, -0.05) is 23.4 Å². The van der Waals surface area contributed by atoms with Gasteiger partial charge in [0.2, 0.25) is 23.4 Å². The lowest BCUT2D eigenvalue weighted by Crippen LogP contribution is -2.20. The minimum atomic E-state index is -0.911. The summed E-state index contributed by atoms with van der Waals surface area (Å²) in [6.07, 6.45) is 4.32. The van der Waals surface area contributed by atoms with Crippen LogP contribution in [0.25, 0.3) is 11.1 Å². The van der Waals surface area contributed by atoms with Gasteiger partial charge < -0.3 is 9.84 Å². The second kappa shape index (κ2) is 9.21. The molecule has 1 fully saturated rings. The number of alkyl halides is 1. The first-order valence-electron chi connectivity index (χ1n) is 11.1. The molecule has 1 aliphatic carbocycles. The number of carbonyl (C=O) groups excluding carboxylic acids is 2. The number of pyridine rings is 1. The number of aromatic nitrogens is 3. The second-order valence-electron chi connectivity index (χ2n) is 9.20. The summed E-state index contributed by atoms with van der Waals surface area (Å²) in [5.74, 6) is 0.560. The van der Waals surface area contributed by atoms with Crippen LogP contribution in [-0.4, -0.2) is 33.5 Å². The van der Waals surface area contributed by atoms with E-state index in [2.05, 4.69) is 26.5 Å². The summed E-state index contributed by atoms with van der Waals surface area (Å²) in [6, 6.07) is 9.81. The van der Waals surface area contributed by atoms with Gasteiger partial charge in [-0.2, -0.15) is 4.98 Å². The van der Waals surface area contributed by atoms with Crippen molar-refractivity contribution in [3.63, 3.8) is 0 Å². The fourth-order valence-electron chi connectivity index (χ4n) is 3.44. The topological polar surface area (TPSA) is 98.0 Å². The lowest BCUT2D eigenvalue weighted by Gasteiger charge is -2.13. The summed E-state index contributed by atoms with van der Waals surface area (Å²) in [4.78, 5) is 32.8. The summed E-state index contributed by atoms with van der Waals surface area (Å²) < 4.78 is 18.2. The maximum Gasteiger partial charge on any atom is 0.238 e. The van der Waals surface area contributed by atoms with E-state index in [9.17, 15) is 14.0 Å². The number of hydrogen-bond donors (Lipinski definition) is 1. The predicted molar refractivity (Wildman–Crippen MR) is 122 cm³/mol. The van der Waals surface area contributed by atoms with Crippen LogP contribution in [0.2, 0.25) is 0 Å². The van der Waals surface area contributed by atoms with Gasteiger partial charge in [0.05, 0.1) is 5.41 Å². The van der Waals surface area contributed by atoms with Crippen LogP contribution in [0.1, 0.15) is 60.7 Å². The Morgan fingerprint density at radius 2 is 1.94 bits per heavy atom. The van der Waals surface area contributed by atoms with Crippen molar-refractivity contribution in [1.29, 1.82) is 0 Å². The van der Waals surface area contributed by atoms with E-state index in [-0.39, 0.29) is 35.7 Å². The highest BCUT2D eigenvalue weighted by Crippen LogP contribution is 2.31. The van der Waals surface area contributed by atoms with Gasteiger partial charge in [0.25, 0.3) is 0 Å². The number of amides is 1. The molecule has 0 unspecified atom stereocenters. The highest BCUT2D eigenvalue weighted by molar-refractivity contribution is 5.94. The molecule has 0 spiro atoms. The Bertz CT molecular complexity index is 1180. The third-order valence-corrected chi connectivity index (χ3v) is 5.85. The minimum Gasteiger partial charge on any atom is -0.338 e. The van der Waals surface area contributed by atoms with E-state index in [0.29, 0.717) is 12.2 Å². The summed E-state index contributed by atoms with van der Waals surface area (Å²) in [6.45, 7) is 4.63. The zero-order valence-electron chi connectivity index (χ0n) is 19.0. The van der Waals surface area contributed by atoms with E-state index in [0.717, 1.165) is 35.1 Å². The van der Waals surface area contributed by atoms with Gasteiger partial charge in [-0.15, -0.1) is 0 Å². The Labute approximate surface area is 191 Å². The molecule has 0 saturated heterocycles. The molecule has 1 aliphatic rings. The molecule has 1 aromatic carbocycles. The molecule has 1 saturated carbocycles. The summed E-state index contributed by atoms with van der Waals surface area (Å²) >= 11 is 0. The van der Waals surface area contributed by atoms with Gasteiger partial charge in [0.15, 0.2) is 0 Å². The number of benzene rings is 1. The van der Waals surface area contributed by atoms with Crippen molar-refractivity contribution in [2.24, 2.45) is 5.92 Å². The molecule has 0 atom stereocenters. The number of nitrogens with zero attached hydrogens (tertiary/aromatic N) is 3. The van der Waals surface area contributed by atoms with Crippen LogP contribution in [0.5, 0.6) is 0 Å². The van der Waals surface area contributed by atoms with Crippen LogP contribution in [0.3, 0.4) is 0 Å². The average molecular weight is 451 g/mol. The van der Waals surface area contributed by atoms with E-state index in [1.54, 1.807) is 20.0 Å². The van der Waals surface area contributed by atoms with Crippen LogP contribution in [0.15, 0.2) is 41.1 Å². The quantitative estimate of drug-likeness (QED) is 0.468. The molecule has 0 radical (unpaired) electrons. The Balaban J connectivity index is 1.41. The molecular formula is C25H27FN4O3. The second-order valence-corrected chi connectivity index (χ2v) is 9.20. The summed E-state index contributed by atoms with van der Waals surface area (Å²) in [5, 5.41) is 6.60. The molecule has 7 nitrogen and oxygen atoms in total. The van der Waals surface area contributed by atoms with Crippen LogP contribution >= 0.6 is 0 Å². The van der Waals surface area contributed by atoms with Gasteiger partial charge in [-0.25, -0.2) is 9.37 Å². The Kier molecular flexibility index (Phi) is 6.35. The van der Waals surface area contributed by atoms with Crippen molar-refractivity contribution in [1.82, 2.24) is 15.1 Å². The zero-order chi connectivity index (χ0) is 23.6. The maximum atomic E-state index is 13.1. The van der Waals surface area contributed by atoms with E-state index >= 15 is 0 Å². The monoisotopic (exact) mass is 450 g/mol. The average Bonchev–Trinajstić information content (AvgIpc) is 3.54. The minimum absolute atomic E-state index is 0.0154. The largest absolute Gasteiger partial charge is 0.338 e. The number of aryl methyl sites for hydroxylation is 2. The van der Waals surface area contributed by atoms with E-state index in [1.165, 1.54) is 0 Å². The molecular weight excluding hydrogens is 423 g/mol. The normalized spacial score (nSPS) is 13.7. The summed E-state index contributed by atoms with van der Waals surface area (Å²) in [5.41, 5.74) is 3.13. The first kappa shape index (κ1) is 22.8. The van der Waals surface area contributed by atoms with Crippen molar-refractivity contribution in [2.75, 3.05) is 12.0 Å². The van der Waals surface area contributed by atoms with E-state index in [4.69, 9.17) is 4.52 Å². The molecule has 1 amide bonds. The Hall–Kier alpha value is -3.42. The van der Waals surface area contributed by atoms with Crippen molar-refractivity contribution in [2.45, 2.75) is 51.9 Å². The molecule has 2 heterocycles. The smallest absolute Gasteiger partial charge is 0.238 e. The number of hydrogen-bond acceptors (Lipinski definition) is 6. The molecule has 0 aliphatic heterocycles. The highest BCUT2D eigenvalue weighted by Gasteiger charge is 2.30. The number of ketones is 1. The third-order valence-electron chi connectivity index (χ3n) is 5.85. The molecule has 8 heteroatoms. The van der Waals surface area contributed by atoms with E-state index < -0.39 is 12.1 Å². The van der Waals surface area contributed by atoms with Crippen LogP contribution < -0.4 is 5.32 Å². The van der Waals surface area contributed by atoms with Crippen LogP contribution in [-0.2, 0) is 16.6 Å². The molecule has 4 rings (SSSR count). The van der Waals surface area contributed by atoms with Gasteiger partial charge in [-0.3, -0.25) is 9.59 Å². The maximum absolute atomic E-state index is 13.1. The number of nitrogens with one attached hydrogen (secondary N) is 1. The lowest BCUT2D eigenvalue weighted by molar-refractivity contribution is -0.117. The predicted octanol–water partition coefficient (Wildman–Crippen LogP) is 4.85. The zero-order valence-corrected chi connectivity index (χ0v) is 19.0. The fourth-order valence-corrected chi connectivity index (χ4v) is 3.44. The Morgan fingerprint density at radius 3 is 2.64 bits per heavy atom. The molecule has 172 valence electrons. The van der Waals surface area contributed by atoms with Crippen molar-refractivity contribution >= 4 is 17.5 Å². The van der Waals surface area contributed by atoms with Gasteiger partial charge in [0, 0.05) is 18.5 Å². The number of Topliss-reactive ketones (excluding diaryl/α,β-unsaturated/α-hetero) is 1. The molecule has 0 bridgehead atoms. The van der Waals surface area contributed by atoms with Crippen molar-refractivity contribution in [3.8, 4) is 11.1 Å². The number of carbonyl (C=O) groups is 2. The van der Waals surface area contributed by atoms with Gasteiger partial charge in [0.1, 0.15) is 12.5 Å². The first-order valence-corrected chi connectivity index (χ1v) is 11.1. The third kappa shape index (κ3) is 5.32. The molecule has 3 aromatic rings. The Morgan fingerprint density at radius 1 is 1.18 bits per heavy atom. The molecule has 1 N–H and O–H groups in total. The number of rotatable bonds is 9. The van der Waals surface area contributed by atoms with Gasteiger partial charge >= 0.3 is 0 Å². The lowest BCUT2D eigenvalue weighted by atomic mass is 9.95. The van der Waals surface area contributed by atoms with Crippen molar-refractivity contribution < 1.29 is 18.5 Å². The van der Waals surface area contributed by atoms with E-state index in [1.807, 2.05) is 31.2 Å². The number of halogens is 1. The first-order chi connectivity index (χ1) is 15.8. The number of anilines is 1. The molecule has 33 heavy (non-hydrogen) atoms. The van der Waals surface area contributed by atoms with Crippen LogP contribution in [0, 0.1) is 12.8 Å². The van der Waals surface area contributed by atoms with Crippen molar-refractivity contribution in [3.05, 3.63) is 59.4 Å².